The van der Waals surface area contributed by atoms with Crippen LogP contribution in [0.2, 0.25) is 5.02 Å². The lowest BCUT2D eigenvalue weighted by Gasteiger charge is -2.11. The number of halogens is 1. The molecule has 22 heavy (non-hydrogen) atoms. The minimum atomic E-state index is -0.600. The Morgan fingerprint density at radius 1 is 1.18 bits per heavy atom. The van der Waals surface area contributed by atoms with E-state index < -0.39 is 6.10 Å². The van der Waals surface area contributed by atoms with Crippen molar-refractivity contribution in [3.63, 3.8) is 0 Å². The summed E-state index contributed by atoms with van der Waals surface area (Å²) in [6, 6.07) is 12.8. The van der Waals surface area contributed by atoms with E-state index in [4.69, 9.17) is 16.3 Å². The van der Waals surface area contributed by atoms with E-state index in [9.17, 15) is 5.11 Å². The summed E-state index contributed by atoms with van der Waals surface area (Å²) in [5.74, 6) is 1.16. The Morgan fingerprint density at radius 3 is 2.82 bits per heavy atom. The molecule has 0 radical (unpaired) electrons. The van der Waals surface area contributed by atoms with Gasteiger partial charge in [0, 0.05) is 17.0 Å². The number of thioether (sulfide) groups is 1. The monoisotopic (exact) mass is 335 g/mol. The molecule has 5 nitrogen and oxygen atoms in total. The minimum Gasteiger partial charge on any atom is -0.491 e. The molecule has 3 rings (SSSR count). The molecule has 0 fully saturated rings. The number of aliphatic hydroxyl groups excluding tert-OH is 1. The highest BCUT2D eigenvalue weighted by molar-refractivity contribution is 7.99. The first-order valence-corrected chi connectivity index (χ1v) is 8.08. The molecule has 0 aliphatic rings. The molecule has 3 aromatic rings. The molecule has 0 saturated carbocycles. The van der Waals surface area contributed by atoms with E-state index in [2.05, 4.69) is 10.2 Å². The number of ether oxygens (including phenoxy) is 1. The summed E-state index contributed by atoms with van der Waals surface area (Å²) in [7, 11) is 0. The number of benzene rings is 1. The van der Waals surface area contributed by atoms with Crippen LogP contribution in [0.15, 0.2) is 53.8 Å². The smallest absolute Gasteiger partial charge is 0.195 e. The summed E-state index contributed by atoms with van der Waals surface area (Å²) in [5.41, 5.74) is 0.789. The molecular formula is C15H14ClN3O2S. The zero-order valence-corrected chi connectivity index (χ0v) is 13.2. The Kier molecular flexibility index (Phi) is 4.82. The maximum absolute atomic E-state index is 10.0. The van der Waals surface area contributed by atoms with Gasteiger partial charge in [-0.2, -0.15) is 0 Å². The number of aromatic nitrogens is 3. The maximum atomic E-state index is 10.0. The van der Waals surface area contributed by atoms with Crippen LogP contribution in [0.3, 0.4) is 0 Å². The molecule has 0 amide bonds. The Balaban J connectivity index is 1.52. The van der Waals surface area contributed by atoms with Crippen LogP contribution in [0, 0.1) is 0 Å². The Bertz CT molecular complexity index is 748. The van der Waals surface area contributed by atoms with E-state index in [0.29, 0.717) is 16.5 Å². The lowest BCUT2D eigenvalue weighted by molar-refractivity contribution is 0.126. The molecular weight excluding hydrogens is 322 g/mol. The molecule has 0 aliphatic heterocycles. The van der Waals surface area contributed by atoms with Gasteiger partial charge in [0.1, 0.15) is 12.4 Å². The van der Waals surface area contributed by atoms with E-state index in [1.54, 1.807) is 24.3 Å². The van der Waals surface area contributed by atoms with Crippen molar-refractivity contribution in [3.8, 4) is 5.75 Å². The highest BCUT2D eigenvalue weighted by atomic mass is 35.5. The number of hydrogen-bond donors (Lipinski definition) is 1. The van der Waals surface area contributed by atoms with E-state index in [-0.39, 0.29) is 6.61 Å². The molecule has 0 saturated heterocycles. The molecule has 7 heteroatoms. The first-order chi connectivity index (χ1) is 10.7. The van der Waals surface area contributed by atoms with Crippen molar-refractivity contribution in [2.24, 2.45) is 0 Å². The Labute approximate surface area is 136 Å². The molecule has 1 aromatic carbocycles. The van der Waals surface area contributed by atoms with E-state index >= 15 is 0 Å². The van der Waals surface area contributed by atoms with E-state index in [0.717, 1.165) is 10.8 Å². The van der Waals surface area contributed by atoms with Crippen LogP contribution < -0.4 is 4.74 Å². The van der Waals surface area contributed by atoms with Crippen LogP contribution in [-0.4, -0.2) is 38.2 Å². The third kappa shape index (κ3) is 3.71. The summed E-state index contributed by atoms with van der Waals surface area (Å²) in [6.45, 7) is 0.214. The molecule has 0 aliphatic carbocycles. The molecule has 1 unspecified atom stereocenters. The van der Waals surface area contributed by atoms with E-state index in [1.807, 2.05) is 28.8 Å². The van der Waals surface area contributed by atoms with Crippen LogP contribution in [0.25, 0.3) is 5.65 Å². The average Bonchev–Trinajstić information content (AvgIpc) is 2.96. The standard InChI is InChI=1S/C15H14ClN3O2S/c16-11-4-6-13(7-5-11)21-9-12(20)10-22-15-18-17-14-3-1-2-8-19(14)15/h1-8,12,20H,9-10H2. The second-order valence-corrected chi connectivity index (χ2v) is 6.06. The molecule has 2 aromatic heterocycles. The number of rotatable bonds is 6. The van der Waals surface area contributed by atoms with Gasteiger partial charge < -0.3 is 9.84 Å². The van der Waals surface area contributed by atoms with Gasteiger partial charge in [0.15, 0.2) is 10.8 Å². The fourth-order valence-electron chi connectivity index (χ4n) is 1.86. The van der Waals surface area contributed by atoms with Gasteiger partial charge >= 0.3 is 0 Å². The van der Waals surface area contributed by atoms with Crippen molar-refractivity contribution in [3.05, 3.63) is 53.7 Å². The van der Waals surface area contributed by atoms with Gasteiger partial charge in [-0.1, -0.05) is 29.4 Å². The topological polar surface area (TPSA) is 59.7 Å². The number of pyridine rings is 1. The van der Waals surface area contributed by atoms with E-state index in [1.165, 1.54) is 11.8 Å². The minimum absolute atomic E-state index is 0.214. The Morgan fingerprint density at radius 2 is 2.00 bits per heavy atom. The second kappa shape index (κ2) is 7.00. The quantitative estimate of drug-likeness (QED) is 0.702. The first kappa shape index (κ1) is 15.1. The summed E-state index contributed by atoms with van der Waals surface area (Å²) in [6.07, 6.45) is 1.30. The zero-order valence-electron chi connectivity index (χ0n) is 11.6. The van der Waals surface area contributed by atoms with Gasteiger partial charge in [-0.15, -0.1) is 10.2 Å². The largest absolute Gasteiger partial charge is 0.491 e. The maximum Gasteiger partial charge on any atom is 0.195 e. The second-order valence-electron chi connectivity index (χ2n) is 4.64. The van der Waals surface area contributed by atoms with Gasteiger partial charge in [0.25, 0.3) is 0 Å². The van der Waals surface area contributed by atoms with Crippen LogP contribution in [0.4, 0.5) is 0 Å². The summed E-state index contributed by atoms with van der Waals surface area (Å²) in [5, 5.41) is 19.6. The van der Waals surface area contributed by atoms with Gasteiger partial charge in [0.2, 0.25) is 0 Å². The molecule has 1 atom stereocenters. The first-order valence-electron chi connectivity index (χ1n) is 6.71. The van der Waals surface area contributed by atoms with Crippen molar-refractivity contribution in [1.29, 1.82) is 0 Å². The fraction of sp³-hybridized carbons (Fsp3) is 0.200. The van der Waals surface area contributed by atoms with Crippen LogP contribution in [0.1, 0.15) is 0 Å². The summed E-state index contributed by atoms with van der Waals surface area (Å²) in [4.78, 5) is 0. The van der Waals surface area contributed by atoms with Crippen LogP contribution in [-0.2, 0) is 0 Å². The summed E-state index contributed by atoms with van der Waals surface area (Å²) < 4.78 is 7.40. The number of hydrogen-bond acceptors (Lipinski definition) is 5. The van der Waals surface area contributed by atoms with Crippen molar-refractivity contribution < 1.29 is 9.84 Å². The molecule has 0 bridgehead atoms. The number of fused-ring (bicyclic) bond motifs is 1. The van der Waals surface area contributed by atoms with Crippen molar-refractivity contribution >= 4 is 29.0 Å². The number of aliphatic hydroxyl groups is 1. The average molecular weight is 336 g/mol. The predicted octanol–water partition coefficient (Wildman–Crippen LogP) is 2.91. The SMILES string of the molecule is OC(COc1ccc(Cl)cc1)CSc1nnc2ccccn12. The lowest BCUT2D eigenvalue weighted by atomic mass is 10.3. The van der Waals surface area contributed by atoms with Crippen LogP contribution >= 0.6 is 23.4 Å². The fourth-order valence-corrected chi connectivity index (χ4v) is 2.82. The van der Waals surface area contributed by atoms with Crippen LogP contribution in [0.5, 0.6) is 5.75 Å². The third-order valence-electron chi connectivity index (χ3n) is 2.94. The van der Waals surface area contributed by atoms with Gasteiger partial charge in [-0.3, -0.25) is 4.40 Å². The zero-order chi connectivity index (χ0) is 15.4. The Hall–Kier alpha value is -1.76. The normalized spacial score (nSPS) is 12.5. The molecule has 114 valence electrons. The van der Waals surface area contributed by atoms with Gasteiger partial charge in [0.05, 0.1) is 6.10 Å². The lowest BCUT2D eigenvalue weighted by Crippen LogP contribution is -2.20. The predicted molar refractivity (Wildman–Crippen MR) is 86.7 cm³/mol. The summed E-state index contributed by atoms with van der Waals surface area (Å²) >= 11 is 7.25. The highest BCUT2D eigenvalue weighted by Gasteiger charge is 2.10. The van der Waals surface area contributed by atoms with Crippen molar-refractivity contribution in [2.75, 3.05) is 12.4 Å². The molecule has 2 heterocycles. The van der Waals surface area contributed by atoms with Gasteiger partial charge in [-0.25, -0.2) is 0 Å². The van der Waals surface area contributed by atoms with Crippen molar-refractivity contribution in [1.82, 2.24) is 14.6 Å². The molecule has 1 N–H and O–H groups in total. The molecule has 0 spiro atoms. The number of nitrogens with zero attached hydrogens (tertiary/aromatic N) is 3. The van der Waals surface area contributed by atoms with Crippen molar-refractivity contribution in [2.45, 2.75) is 11.3 Å². The third-order valence-corrected chi connectivity index (χ3v) is 4.28. The van der Waals surface area contributed by atoms with Gasteiger partial charge in [-0.05, 0) is 36.4 Å². The highest BCUT2D eigenvalue weighted by Crippen LogP contribution is 2.19.